The quantitative estimate of drug-likeness (QED) is 0.785. The van der Waals surface area contributed by atoms with Gasteiger partial charge in [-0.3, -0.25) is 0 Å². The lowest BCUT2D eigenvalue weighted by Crippen LogP contribution is -2.01. The van der Waals surface area contributed by atoms with Gasteiger partial charge in [-0.25, -0.2) is 4.39 Å². The normalized spacial score (nSPS) is 21.5. The van der Waals surface area contributed by atoms with Gasteiger partial charge >= 0.3 is 0 Å². The van der Waals surface area contributed by atoms with Crippen LogP contribution in [-0.2, 0) is 5.75 Å². The Morgan fingerprint density at radius 3 is 3.07 bits per heavy atom. The second-order valence-electron chi connectivity index (χ2n) is 3.31. The van der Waals surface area contributed by atoms with E-state index in [1.54, 1.807) is 11.8 Å². The van der Waals surface area contributed by atoms with Crippen molar-refractivity contribution in [2.24, 2.45) is 0 Å². The van der Waals surface area contributed by atoms with Gasteiger partial charge in [0.15, 0.2) is 0 Å². The highest BCUT2D eigenvalue weighted by molar-refractivity contribution is 9.10. The summed E-state index contributed by atoms with van der Waals surface area (Å²) in [6, 6.07) is 2.90. The second-order valence-corrected chi connectivity index (χ2v) is 5.27. The molecule has 1 aliphatic rings. The maximum absolute atomic E-state index is 13.1. The van der Waals surface area contributed by atoms with Crippen LogP contribution in [0.2, 0.25) is 0 Å². The molecule has 0 aromatic heterocycles. The number of thioether (sulfide) groups is 1. The lowest BCUT2D eigenvalue weighted by molar-refractivity contribution is 0.174. The Kier molecular flexibility index (Phi) is 3.14. The van der Waals surface area contributed by atoms with Gasteiger partial charge in [-0.05, 0) is 35.4 Å². The van der Waals surface area contributed by atoms with Crippen LogP contribution in [-0.4, -0.2) is 10.9 Å². The number of hydrogen-bond acceptors (Lipinski definition) is 2. The summed E-state index contributed by atoms with van der Waals surface area (Å²) in [6.45, 7) is 0. The van der Waals surface area contributed by atoms with Gasteiger partial charge in [0, 0.05) is 10.2 Å². The molecule has 0 amide bonds. The fraction of sp³-hybridized carbons (Fsp3) is 0.400. The zero-order valence-corrected chi connectivity index (χ0v) is 9.87. The van der Waals surface area contributed by atoms with E-state index in [0.717, 1.165) is 27.1 Å². The number of rotatable bonds is 0. The summed E-state index contributed by atoms with van der Waals surface area (Å²) in [5, 5.41) is 9.79. The molecular formula is C10H10BrFOS. The van der Waals surface area contributed by atoms with E-state index in [4.69, 9.17) is 0 Å². The third-order valence-corrected chi connectivity index (χ3v) is 4.06. The van der Waals surface area contributed by atoms with Crippen molar-refractivity contribution < 1.29 is 9.50 Å². The lowest BCUT2D eigenvalue weighted by Gasteiger charge is -2.12. The predicted octanol–water partition coefficient (Wildman–Crippen LogP) is 3.26. The van der Waals surface area contributed by atoms with E-state index in [0.29, 0.717) is 6.42 Å². The SMILES string of the molecule is O[C@H]1CCSCc2c(Br)cc(F)cc21. The molecule has 76 valence electrons. The summed E-state index contributed by atoms with van der Waals surface area (Å²) < 4.78 is 13.9. The zero-order chi connectivity index (χ0) is 10.1. The van der Waals surface area contributed by atoms with E-state index in [1.165, 1.54) is 12.1 Å². The summed E-state index contributed by atoms with van der Waals surface area (Å²) >= 11 is 5.10. The third kappa shape index (κ3) is 1.97. The monoisotopic (exact) mass is 276 g/mol. The predicted molar refractivity (Wildman–Crippen MR) is 59.8 cm³/mol. The van der Waals surface area contributed by atoms with Crippen molar-refractivity contribution in [3.63, 3.8) is 0 Å². The molecule has 2 rings (SSSR count). The van der Waals surface area contributed by atoms with Crippen molar-refractivity contribution in [2.75, 3.05) is 5.75 Å². The Bertz CT molecular complexity index is 356. The topological polar surface area (TPSA) is 20.2 Å². The molecule has 0 fully saturated rings. The van der Waals surface area contributed by atoms with Crippen LogP contribution >= 0.6 is 27.7 Å². The van der Waals surface area contributed by atoms with Crippen LogP contribution in [0.15, 0.2) is 16.6 Å². The maximum Gasteiger partial charge on any atom is 0.124 e. The summed E-state index contributed by atoms with van der Waals surface area (Å²) in [5.74, 6) is 1.47. The van der Waals surface area contributed by atoms with E-state index < -0.39 is 6.10 Å². The molecule has 0 radical (unpaired) electrons. The molecule has 14 heavy (non-hydrogen) atoms. The minimum Gasteiger partial charge on any atom is -0.388 e. The first-order chi connectivity index (χ1) is 6.68. The number of benzene rings is 1. The standard InChI is InChI=1S/C10H10BrFOS/c11-9-4-6(12)3-7-8(9)5-14-2-1-10(7)13/h3-4,10,13H,1-2,5H2/t10-/m0/s1. The molecule has 0 spiro atoms. The molecule has 1 aromatic rings. The average Bonchev–Trinajstić information content (AvgIpc) is 2.29. The zero-order valence-electron chi connectivity index (χ0n) is 7.46. The van der Waals surface area contributed by atoms with E-state index >= 15 is 0 Å². The van der Waals surface area contributed by atoms with Crippen molar-refractivity contribution in [2.45, 2.75) is 18.3 Å². The Morgan fingerprint density at radius 2 is 2.29 bits per heavy atom. The molecular weight excluding hydrogens is 267 g/mol. The van der Waals surface area contributed by atoms with Crippen LogP contribution in [0.4, 0.5) is 4.39 Å². The van der Waals surface area contributed by atoms with Crippen molar-refractivity contribution in [1.82, 2.24) is 0 Å². The fourth-order valence-corrected chi connectivity index (χ4v) is 3.43. The Balaban J connectivity index is 2.53. The van der Waals surface area contributed by atoms with Crippen molar-refractivity contribution in [1.29, 1.82) is 0 Å². The van der Waals surface area contributed by atoms with Gasteiger partial charge in [0.05, 0.1) is 6.10 Å². The average molecular weight is 277 g/mol. The maximum atomic E-state index is 13.1. The fourth-order valence-electron chi connectivity index (χ4n) is 1.60. The lowest BCUT2D eigenvalue weighted by atomic mass is 10.0. The Labute approximate surface area is 94.8 Å². The van der Waals surface area contributed by atoms with Crippen LogP contribution in [0.5, 0.6) is 0 Å². The van der Waals surface area contributed by atoms with Crippen molar-refractivity contribution >= 4 is 27.7 Å². The van der Waals surface area contributed by atoms with Gasteiger partial charge in [-0.15, -0.1) is 0 Å². The van der Waals surface area contributed by atoms with Gasteiger partial charge in [0.1, 0.15) is 5.82 Å². The molecule has 1 aliphatic heterocycles. The number of hydrogen-bond donors (Lipinski definition) is 1. The summed E-state index contributed by atoms with van der Waals surface area (Å²) in [6.07, 6.45) is 0.181. The van der Waals surface area contributed by atoms with Crippen LogP contribution in [0.1, 0.15) is 23.7 Å². The first-order valence-corrected chi connectivity index (χ1v) is 6.37. The Hall–Kier alpha value is -0.0600. The molecule has 0 unspecified atom stereocenters. The minimum absolute atomic E-state index is 0.290. The van der Waals surface area contributed by atoms with Gasteiger partial charge in [-0.2, -0.15) is 11.8 Å². The van der Waals surface area contributed by atoms with E-state index in [2.05, 4.69) is 15.9 Å². The van der Waals surface area contributed by atoms with E-state index in [-0.39, 0.29) is 5.82 Å². The molecule has 4 heteroatoms. The summed E-state index contributed by atoms with van der Waals surface area (Å²) in [4.78, 5) is 0. The van der Waals surface area contributed by atoms with Crippen molar-refractivity contribution in [3.05, 3.63) is 33.5 Å². The molecule has 1 aromatic carbocycles. The molecule has 1 nitrogen and oxygen atoms in total. The van der Waals surface area contributed by atoms with E-state index in [1.807, 2.05) is 0 Å². The summed E-state index contributed by atoms with van der Waals surface area (Å²) in [7, 11) is 0. The molecule has 1 atom stereocenters. The van der Waals surface area contributed by atoms with Crippen LogP contribution in [0.3, 0.4) is 0 Å². The van der Waals surface area contributed by atoms with Gasteiger partial charge < -0.3 is 5.11 Å². The first kappa shape index (κ1) is 10.5. The van der Waals surface area contributed by atoms with Gasteiger partial charge in [-0.1, -0.05) is 15.9 Å². The molecule has 0 bridgehead atoms. The number of halogens is 2. The van der Waals surface area contributed by atoms with E-state index in [9.17, 15) is 9.50 Å². The third-order valence-electron chi connectivity index (χ3n) is 2.34. The Morgan fingerprint density at radius 1 is 1.50 bits per heavy atom. The van der Waals surface area contributed by atoms with Crippen LogP contribution in [0, 0.1) is 5.82 Å². The van der Waals surface area contributed by atoms with Crippen LogP contribution in [0.25, 0.3) is 0 Å². The number of aliphatic hydroxyl groups excluding tert-OH is 1. The molecule has 0 aliphatic carbocycles. The smallest absolute Gasteiger partial charge is 0.124 e. The van der Waals surface area contributed by atoms with Crippen LogP contribution < -0.4 is 0 Å². The minimum atomic E-state index is -0.521. The first-order valence-electron chi connectivity index (χ1n) is 4.42. The highest BCUT2D eigenvalue weighted by Gasteiger charge is 2.19. The van der Waals surface area contributed by atoms with Gasteiger partial charge in [0.25, 0.3) is 0 Å². The highest BCUT2D eigenvalue weighted by Crippen LogP contribution is 2.35. The number of fused-ring (bicyclic) bond motifs is 1. The molecule has 0 saturated heterocycles. The molecule has 1 N–H and O–H groups in total. The highest BCUT2D eigenvalue weighted by atomic mass is 79.9. The van der Waals surface area contributed by atoms with Crippen molar-refractivity contribution in [3.8, 4) is 0 Å². The largest absolute Gasteiger partial charge is 0.388 e. The second kappa shape index (κ2) is 4.21. The number of aliphatic hydroxyl groups is 1. The molecule has 1 heterocycles. The summed E-state index contributed by atoms with van der Waals surface area (Å²) in [5.41, 5.74) is 1.77. The van der Waals surface area contributed by atoms with Gasteiger partial charge in [0.2, 0.25) is 0 Å². The molecule has 0 saturated carbocycles.